The topological polar surface area (TPSA) is 45.9 Å². The minimum Gasteiger partial charge on any atom is -0.469 e. The molecule has 1 amide bonds. The molecule has 1 aromatic rings. The minimum absolute atomic E-state index is 0.0920. The summed E-state index contributed by atoms with van der Waals surface area (Å²) in [6.45, 7) is 5.97. The smallest absolute Gasteiger partial charge is 0.257 e. The van der Waals surface area contributed by atoms with Crippen LogP contribution in [0.4, 0.5) is 0 Å². The van der Waals surface area contributed by atoms with Crippen molar-refractivity contribution in [3.8, 4) is 0 Å². The highest BCUT2D eigenvalue weighted by Crippen LogP contribution is 2.26. The van der Waals surface area contributed by atoms with Gasteiger partial charge in [-0.3, -0.25) is 4.79 Å². The maximum atomic E-state index is 12.9. The van der Waals surface area contributed by atoms with Gasteiger partial charge in [0.1, 0.15) is 5.76 Å². The second-order valence-electron chi connectivity index (χ2n) is 6.32. The van der Waals surface area contributed by atoms with Gasteiger partial charge < -0.3 is 19.0 Å². The molecule has 0 saturated carbocycles. The van der Waals surface area contributed by atoms with Crippen LogP contribution in [-0.2, 0) is 11.2 Å². The normalized spacial score (nSPS) is 26.0. The molecule has 0 bridgehead atoms. The van der Waals surface area contributed by atoms with Crippen LogP contribution in [0, 0.1) is 0 Å². The van der Waals surface area contributed by atoms with Gasteiger partial charge in [0.05, 0.1) is 17.9 Å². The first-order valence-electron chi connectivity index (χ1n) is 8.35. The third-order valence-corrected chi connectivity index (χ3v) is 4.93. The van der Waals surface area contributed by atoms with E-state index in [1.54, 1.807) is 19.4 Å². The lowest BCUT2D eigenvalue weighted by molar-refractivity contribution is 0.0668. The number of hydrogen-bond acceptors (Lipinski definition) is 4. The van der Waals surface area contributed by atoms with Gasteiger partial charge in [-0.15, -0.1) is 0 Å². The maximum Gasteiger partial charge on any atom is 0.257 e. The van der Waals surface area contributed by atoms with Crippen molar-refractivity contribution in [1.82, 2.24) is 9.80 Å². The lowest BCUT2D eigenvalue weighted by Crippen LogP contribution is -2.42. The Morgan fingerprint density at radius 3 is 2.86 bits per heavy atom. The average molecular weight is 306 g/mol. The van der Waals surface area contributed by atoms with Crippen molar-refractivity contribution >= 4 is 5.91 Å². The molecular weight excluding hydrogens is 280 g/mol. The molecule has 3 heterocycles. The Bertz CT molecular complexity index is 508. The summed E-state index contributed by atoms with van der Waals surface area (Å²) < 4.78 is 11.0. The summed E-state index contributed by atoms with van der Waals surface area (Å²) in [5.41, 5.74) is 0.714. The highest BCUT2D eigenvalue weighted by atomic mass is 16.5. The van der Waals surface area contributed by atoms with Crippen molar-refractivity contribution in [2.45, 2.75) is 44.8 Å². The van der Waals surface area contributed by atoms with Crippen LogP contribution in [0.15, 0.2) is 16.7 Å². The molecule has 2 atom stereocenters. The van der Waals surface area contributed by atoms with Crippen molar-refractivity contribution < 1.29 is 13.9 Å². The average Bonchev–Trinajstić information content (AvgIpc) is 3.27. The second-order valence-corrected chi connectivity index (χ2v) is 6.32. The standard InChI is InChI=1S/C17H26N2O3/c1-3-16-15(6-9-22-16)17(20)19-12-14(21-2)10-13(19)11-18-7-4-5-8-18/h6,9,13-14H,3-5,7-8,10-12H2,1-2H3/t13-,14-/m0/s1. The number of hydrogen-bond donors (Lipinski definition) is 0. The van der Waals surface area contributed by atoms with Crippen molar-refractivity contribution in [2.75, 3.05) is 33.3 Å². The summed E-state index contributed by atoms with van der Waals surface area (Å²) in [5.74, 6) is 0.875. The number of nitrogens with zero attached hydrogens (tertiary/aromatic N) is 2. The zero-order chi connectivity index (χ0) is 15.5. The molecule has 5 nitrogen and oxygen atoms in total. The number of likely N-dealkylation sites (tertiary alicyclic amines) is 2. The Morgan fingerprint density at radius 2 is 2.18 bits per heavy atom. The molecule has 0 aromatic carbocycles. The molecule has 2 aliphatic rings. The third kappa shape index (κ3) is 3.06. The van der Waals surface area contributed by atoms with Crippen LogP contribution in [0.3, 0.4) is 0 Å². The van der Waals surface area contributed by atoms with Crippen LogP contribution < -0.4 is 0 Å². The fourth-order valence-electron chi connectivity index (χ4n) is 3.69. The molecule has 2 fully saturated rings. The molecule has 2 saturated heterocycles. The van der Waals surface area contributed by atoms with Gasteiger partial charge in [0.15, 0.2) is 0 Å². The predicted molar refractivity (Wildman–Crippen MR) is 84.0 cm³/mol. The number of carbonyl (C=O) groups excluding carboxylic acids is 1. The number of furan rings is 1. The fourth-order valence-corrected chi connectivity index (χ4v) is 3.69. The van der Waals surface area contributed by atoms with E-state index in [-0.39, 0.29) is 18.1 Å². The van der Waals surface area contributed by atoms with Gasteiger partial charge in [-0.2, -0.15) is 0 Å². The first-order chi connectivity index (χ1) is 10.7. The quantitative estimate of drug-likeness (QED) is 0.836. The van der Waals surface area contributed by atoms with E-state index < -0.39 is 0 Å². The molecule has 1 aromatic heterocycles. The second kappa shape index (κ2) is 6.84. The lowest BCUT2D eigenvalue weighted by atomic mass is 10.1. The van der Waals surface area contributed by atoms with Gasteiger partial charge in [0.25, 0.3) is 5.91 Å². The van der Waals surface area contributed by atoms with Gasteiger partial charge in [-0.1, -0.05) is 6.92 Å². The predicted octanol–water partition coefficient (Wildman–Crippen LogP) is 2.17. The van der Waals surface area contributed by atoms with Gasteiger partial charge in [-0.25, -0.2) is 0 Å². The Labute approximate surface area is 132 Å². The van der Waals surface area contributed by atoms with E-state index >= 15 is 0 Å². The molecule has 0 unspecified atom stereocenters. The van der Waals surface area contributed by atoms with Crippen LogP contribution in [0.5, 0.6) is 0 Å². The monoisotopic (exact) mass is 306 g/mol. The Hall–Kier alpha value is -1.33. The zero-order valence-corrected chi connectivity index (χ0v) is 13.6. The summed E-state index contributed by atoms with van der Waals surface area (Å²) in [6.07, 6.45) is 5.98. The molecule has 0 N–H and O–H groups in total. The van der Waals surface area contributed by atoms with Gasteiger partial charge in [0, 0.05) is 32.7 Å². The van der Waals surface area contributed by atoms with E-state index in [1.165, 1.54) is 12.8 Å². The first-order valence-corrected chi connectivity index (χ1v) is 8.35. The number of ether oxygens (including phenoxy) is 1. The zero-order valence-electron chi connectivity index (χ0n) is 13.6. The summed E-state index contributed by atoms with van der Waals surface area (Å²) in [5, 5.41) is 0. The maximum absolute atomic E-state index is 12.9. The van der Waals surface area contributed by atoms with Crippen LogP contribution >= 0.6 is 0 Å². The SMILES string of the molecule is CCc1occc1C(=O)N1C[C@@H](OC)C[C@H]1CN1CCCC1. The van der Waals surface area contributed by atoms with E-state index in [1.807, 2.05) is 11.8 Å². The van der Waals surface area contributed by atoms with Crippen LogP contribution in [0.1, 0.15) is 42.3 Å². The lowest BCUT2D eigenvalue weighted by Gasteiger charge is -2.28. The van der Waals surface area contributed by atoms with E-state index in [0.717, 1.165) is 38.2 Å². The minimum atomic E-state index is 0.0920. The molecule has 5 heteroatoms. The van der Waals surface area contributed by atoms with E-state index in [0.29, 0.717) is 12.1 Å². The summed E-state index contributed by atoms with van der Waals surface area (Å²) in [6, 6.07) is 2.05. The van der Waals surface area contributed by atoms with Crippen LogP contribution in [-0.4, -0.2) is 61.1 Å². The molecule has 3 rings (SSSR count). The largest absolute Gasteiger partial charge is 0.469 e. The van der Waals surface area contributed by atoms with Gasteiger partial charge >= 0.3 is 0 Å². The van der Waals surface area contributed by atoms with E-state index in [9.17, 15) is 4.79 Å². The summed E-state index contributed by atoms with van der Waals surface area (Å²) in [4.78, 5) is 17.4. The summed E-state index contributed by atoms with van der Waals surface area (Å²) >= 11 is 0. The molecule has 0 aliphatic carbocycles. The Morgan fingerprint density at radius 1 is 1.41 bits per heavy atom. The molecule has 22 heavy (non-hydrogen) atoms. The third-order valence-electron chi connectivity index (χ3n) is 4.93. The summed E-state index contributed by atoms with van der Waals surface area (Å²) in [7, 11) is 1.74. The highest BCUT2D eigenvalue weighted by molar-refractivity contribution is 5.95. The van der Waals surface area contributed by atoms with Gasteiger partial charge in [-0.05, 0) is 38.4 Å². The van der Waals surface area contributed by atoms with Crippen molar-refractivity contribution in [3.63, 3.8) is 0 Å². The van der Waals surface area contributed by atoms with Crippen molar-refractivity contribution in [2.24, 2.45) is 0 Å². The number of carbonyl (C=O) groups is 1. The van der Waals surface area contributed by atoms with Crippen molar-refractivity contribution in [3.05, 3.63) is 23.7 Å². The molecule has 122 valence electrons. The molecule has 2 aliphatic heterocycles. The van der Waals surface area contributed by atoms with Crippen LogP contribution in [0.2, 0.25) is 0 Å². The van der Waals surface area contributed by atoms with Crippen LogP contribution in [0.25, 0.3) is 0 Å². The number of amides is 1. The highest BCUT2D eigenvalue weighted by Gasteiger charge is 2.37. The Balaban J connectivity index is 1.74. The first kappa shape index (κ1) is 15.6. The fraction of sp³-hybridized carbons (Fsp3) is 0.706. The van der Waals surface area contributed by atoms with Crippen molar-refractivity contribution in [1.29, 1.82) is 0 Å². The van der Waals surface area contributed by atoms with E-state index in [4.69, 9.17) is 9.15 Å². The number of methoxy groups -OCH3 is 1. The number of aryl methyl sites for hydroxylation is 1. The number of rotatable bonds is 5. The molecular formula is C17H26N2O3. The molecule has 0 radical (unpaired) electrons. The van der Waals surface area contributed by atoms with Gasteiger partial charge in [0.2, 0.25) is 0 Å². The molecule has 0 spiro atoms. The van der Waals surface area contributed by atoms with E-state index in [2.05, 4.69) is 4.90 Å². The Kier molecular flexibility index (Phi) is 4.84.